The summed E-state index contributed by atoms with van der Waals surface area (Å²) in [6, 6.07) is 0. The van der Waals surface area contributed by atoms with E-state index in [9.17, 15) is 0 Å². The molecule has 0 unspecified atom stereocenters. The molecule has 26 heavy (non-hydrogen) atoms. The summed E-state index contributed by atoms with van der Waals surface area (Å²) >= 11 is 19.9. The van der Waals surface area contributed by atoms with Crippen LogP contribution >= 0.6 is 24.4 Å². The molecule has 0 aromatic rings. The van der Waals surface area contributed by atoms with Gasteiger partial charge in [0, 0.05) is 19.6 Å². The van der Waals surface area contributed by atoms with Crippen molar-refractivity contribution in [1.29, 1.82) is 0 Å². The minimum absolute atomic E-state index is 0. The van der Waals surface area contributed by atoms with Crippen LogP contribution in [0.1, 0.15) is 79.1 Å². The van der Waals surface area contributed by atoms with E-state index in [0.717, 1.165) is 32.7 Å². The van der Waals surface area contributed by atoms with Crippen molar-refractivity contribution in [3.63, 3.8) is 0 Å². The van der Waals surface area contributed by atoms with Crippen molar-refractivity contribution in [3.05, 3.63) is 0 Å². The second kappa shape index (κ2) is 24.0. The molecule has 0 amide bonds. The summed E-state index contributed by atoms with van der Waals surface area (Å²) < 4.78 is 1.34. The summed E-state index contributed by atoms with van der Waals surface area (Å²) in [6.07, 6.45) is 9.80. The van der Waals surface area contributed by atoms with Crippen molar-refractivity contribution >= 4 is 58.2 Å². The topological polar surface area (TPSA) is 6.48 Å². The number of hydrogen-bond donors (Lipinski definition) is 0. The normalized spacial score (nSPS) is 9.88. The molecule has 0 bridgehead atoms. The fourth-order valence-electron chi connectivity index (χ4n) is 2.21. The fraction of sp³-hybridized carbons (Fsp3) is 0.895. The van der Waals surface area contributed by atoms with E-state index < -0.39 is 0 Å². The zero-order chi connectivity index (χ0) is 19.5. The Labute approximate surface area is 198 Å². The summed E-state index contributed by atoms with van der Waals surface area (Å²) in [7, 11) is 0. The number of unbranched alkanes of at least 4 members (excludes halogenated alkanes) is 4. The Morgan fingerprint density at radius 1 is 0.692 bits per heavy atom. The number of hydrogen-bond acceptors (Lipinski definition) is 5. The SMILES string of the molecule is CCCCN(CCCC)C(=S)[S-].CCCCN(CCCC)CC(=S)[S-].[Zn+2]. The van der Waals surface area contributed by atoms with E-state index >= 15 is 0 Å². The van der Waals surface area contributed by atoms with Gasteiger partial charge >= 0.3 is 19.5 Å². The van der Waals surface area contributed by atoms with Gasteiger partial charge in [-0.2, -0.15) is 0 Å². The molecule has 0 atom stereocenters. The van der Waals surface area contributed by atoms with Crippen molar-refractivity contribution in [2.45, 2.75) is 79.1 Å². The van der Waals surface area contributed by atoms with E-state index in [-0.39, 0.29) is 19.5 Å². The maximum atomic E-state index is 4.98. The van der Waals surface area contributed by atoms with E-state index in [1.165, 1.54) is 51.4 Å². The van der Waals surface area contributed by atoms with Crippen LogP contribution in [0.4, 0.5) is 0 Å². The van der Waals surface area contributed by atoms with E-state index in [0.29, 0.717) is 8.52 Å². The first-order chi connectivity index (χ1) is 11.9. The third-order valence-electron chi connectivity index (χ3n) is 3.83. The van der Waals surface area contributed by atoms with E-state index in [1.807, 2.05) is 0 Å². The first kappa shape index (κ1) is 31.7. The van der Waals surface area contributed by atoms with Gasteiger partial charge in [-0.1, -0.05) is 57.7 Å². The molecule has 7 heteroatoms. The molecular weight excluding hydrogens is 450 g/mol. The van der Waals surface area contributed by atoms with Crippen molar-refractivity contribution < 1.29 is 19.5 Å². The Hall–Kier alpha value is 1.00. The van der Waals surface area contributed by atoms with Gasteiger partial charge in [-0.3, -0.25) is 0 Å². The van der Waals surface area contributed by atoms with Crippen LogP contribution in [-0.2, 0) is 44.7 Å². The van der Waals surface area contributed by atoms with Gasteiger partial charge < -0.3 is 59.5 Å². The molecule has 0 aliphatic carbocycles. The molecule has 0 spiro atoms. The first-order valence-corrected chi connectivity index (χ1v) is 11.4. The minimum atomic E-state index is 0. The molecule has 0 saturated heterocycles. The van der Waals surface area contributed by atoms with E-state index in [1.54, 1.807) is 0 Å². The van der Waals surface area contributed by atoms with Gasteiger partial charge in [0.05, 0.1) is 0 Å². The van der Waals surface area contributed by atoms with Gasteiger partial charge in [-0.15, -0.1) is 4.20 Å². The van der Waals surface area contributed by atoms with Crippen molar-refractivity contribution in [3.8, 4) is 0 Å². The number of rotatable bonds is 14. The van der Waals surface area contributed by atoms with Crippen LogP contribution in [0, 0.1) is 0 Å². The summed E-state index contributed by atoms with van der Waals surface area (Å²) in [5.41, 5.74) is 0. The molecule has 0 aromatic carbocycles. The second-order valence-electron chi connectivity index (χ2n) is 6.32. The molecule has 0 fully saturated rings. The Morgan fingerprint density at radius 3 is 1.31 bits per heavy atom. The summed E-state index contributed by atoms with van der Waals surface area (Å²) in [6.45, 7) is 14.0. The van der Waals surface area contributed by atoms with Crippen LogP contribution in [0.25, 0.3) is 0 Å². The van der Waals surface area contributed by atoms with Gasteiger partial charge in [-0.05, 0) is 38.8 Å². The third kappa shape index (κ3) is 23.0. The van der Waals surface area contributed by atoms with Crippen LogP contribution in [0.15, 0.2) is 0 Å². The largest absolute Gasteiger partial charge is 2.00 e. The van der Waals surface area contributed by atoms with Gasteiger partial charge in [0.1, 0.15) is 0 Å². The van der Waals surface area contributed by atoms with Gasteiger partial charge in [-0.25, -0.2) is 0 Å². The molecule has 0 radical (unpaired) electrons. The number of thiocarbonyl (C=S) groups is 2. The minimum Gasteiger partial charge on any atom is -0.432 e. The molecule has 0 rings (SSSR count). The van der Waals surface area contributed by atoms with Crippen LogP contribution in [-0.4, -0.2) is 51.0 Å². The average Bonchev–Trinajstić information content (AvgIpc) is 2.57. The van der Waals surface area contributed by atoms with Crippen LogP contribution in [0.2, 0.25) is 0 Å². The standard InChI is InChI=1S/C10H21NS2.C9H19NS2.Zn/c1-3-5-7-11(8-6-4-2)9-10(12)13;1-3-5-7-10(9(11)12)8-6-4-2;/h3-9H2,1-2H3,(H,12,13);3-8H2,1-2H3,(H,11,12);/q;;+2/p-2. The van der Waals surface area contributed by atoms with Crippen molar-refractivity contribution in [1.82, 2.24) is 9.80 Å². The van der Waals surface area contributed by atoms with Crippen LogP contribution < -0.4 is 0 Å². The molecule has 2 nitrogen and oxygen atoms in total. The smallest absolute Gasteiger partial charge is 0.432 e. The second-order valence-corrected chi connectivity index (χ2v) is 8.59. The summed E-state index contributed by atoms with van der Waals surface area (Å²) in [4.78, 5) is 4.51. The molecule has 150 valence electrons. The molecular formula is C19H38N2S4Zn. The van der Waals surface area contributed by atoms with Crippen LogP contribution in [0.5, 0.6) is 0 Å². The Bertz CT molecular complexity index is 315. The third-order valence-corrected chi connectivity index (χ3v) is 4.60. The predicted molar refractivity (Wildman–Crippen MR) is 128 cm³/mol. The summed E-state index contributed by atoms with van der Waals surface area (Å²) in [5, 5.41) is 0. The zero-order valence-electron chi connectivity index (χ0n) is 17.4. The van der Waals surface area contributed by atoms with Crippen LogP contribution in [0.3, 0.4) is 0 Å². The Morgan fingerprint density at radius 2 is 1.04 bits per heavy atom. The van der Waals surface area contributed by atoms with Crippen molar-refractivity contribution in [2.24, 2.45) is 0 Å². The maximum Gasteiger partial charge on any atom is 2.00 e. The Kier molecular flexibility index (Phi) is 29.3. The molecule has 0 aliphatic rings. The first-order valence-electron chi connectivity index (χ1n) is 9.80. The van der Waals surface area contributed by atoms with Gasteiger partial charge in [0.15, 0.2) is 0 Å². The molecule has 0 aliphatic heterocycles. The number of nitrogens with zero attached hydrogens (tertiary/aromatic N) is 2. The monoisotopic (exact) mass is 486 g/mol. The predicted octanol–water partition coefficient (Wildman–Crippen LogP) is 5.48. The average molecular weight is 488 g/mol. The molecule has 0 N–H and O–H groups in total. The van der Waals surface area contributed by atoms with E-state index in [2.05, 4.69) is 37.5 Å². The zero-order valence-corrected chi connectivity index (χ0v) is 23.7. The summed E-state index contributed by atoms with van der Waals surface area (Å²) in [5.74, 6) is 0. The quantitative estimate of drug-likeness (QED) is 0.180. The Balaban J connectivity index is -0.000000393. The van der Waals surface area contributed by atoms with Crippen molar-refractivity contribution in [2.75, 3.05) is 32.7 Å². The molecule has 0 heterocycles. The van der Waals surface area contributed by atoms with E-state index in [4.69, 9.17) is 49.7 Å². The molecule has 0 aromatic heterocycles. The fourth-order valence-corrected chi connectivity index (χ4v) is 2.94. The van der Waals surface area contributed by atoms with Gasteiger partial charge in [0.25, 0.3) is 0 Å². The maximum absolute atomic E-state index is 4.98. The molecule has 0 saturated carbocycles. The van der Waals surface area contributed by atoms with Gasteiger partial charge in [0.2, 0.25) is 0 Å².